The summed E-state index contributed by atoms with van der Waals surface area (Å²) in [5.74, 6) is 0.506. The van der Waals surface area contributed by atoms with Crippen LogP contribution in [-0.2, 0) is 9.53 Å². The van der Waals surface area contributed by atoms with Gasteiger partial charge in [0.15, 0.2) is 0 Å². The Bertz CT molecular complexity index is 675. The lowest BCUT2D eigenvalue weighted by Gasteiger charge is -2.20. The highest BCUT2D eigenvalue weighted by atomic mass is 16.5. The Kier molecular flexibility index (Phi) is 38.7. The summed E-state index contributed by atoms with van der Waals surface area (Å²) in [6.45, 7) is 8.58. The van der Waals surface area contributed by atoms with Crippen LogP contribution in [0.5, 0.6) is 0 Å². The molecule has 0 aromatic heterocycles. The van der Waals surface area contributed by atoms with Gasteiger partial charge in [0.25, 0.3) is 0 Å². The number of ketones is 1. The molecule has 0 radical (unpaired) electrons. The summed E-state index contributed by atoms with van der Waals surface area (Å²) in [6, 6.07) is 0. The predicted molar refractivity (Wildman–Crippen MR) is 210 cm³/mol. The van der Waals surface area contributed by atoms with Crippen LogP contribution in [0.2, 0.25) is 0 Å². The topological polar surface area (TPSA) is 41.6 Å². The van der Waals surface area contributed by atoms with Gasteiger partial charge in [-0.05, 0) is 78.3 Å². The van der Waals surface area contributed by atoms with E-state index in [1.165, 1.54) is 161 Å². The number of rotatable bonds is 39. The Morgan fingerprint density at radius 3 is 1.40 bits per heavy atom. The Labute approximate surface area is 295 Å². The molecule has 0 aliphatic heterocycles. The van der Waals surface area contributed by atoms with E-state index in [9.17, 15) is 4.79 Å². The summed E-state index contributed by atoms with van der Waals surface area (Å²) in [5.41, 5.74) is 0. The Balaban J connectivity index is 3.62. The van der Waals surface area contributed by atoms with Crippen molar-refractivity contribution in [3.05, 3.63) is 24.3 Å². The fraction of sp³-hybridized carbons (Fsp3) is 0.884. The maximum absolute atomic E-state index is 12.9. The highest BCUT2D eigenvalue weighted by molar-refractivity contribution is 5.81. The van der Waals surface area contributed by atoms with E-state index in [1.807, 2.05) is 0 Å². The maximum Gasteiger partial charge on any atom is 0.138 e. The van der Waals surface area contributed by atoms with E-state index >= 15 is 0 Å². The van der Waals surface area contributed by atoms with Crippen LogP contribution in [0.15, 0.2) is 24.3 Å². The van der Waals surface area contributed by atoms with Crippen LogP contribution in [-0.4, -0.2) is 57.6 Å². The van der Waals surface area contributed by atoms with Crippen LogP contribution in [0.3, 0.4) is 0 Å². The van der Waals surface area contributed by atoms with E-state index in [0.717, 1.165) is 52.1 Å². The van der Waals surface area contributed by atoms with Gasteiger partial charge in [-0.15, -0.1) is 0 Å². The summed E-state index contributed by atoms with van der Waals surface area (Å²) in [4.78, 5) is 15.1. The number of Topliss-reactive ketones (excluding diaryl/α,β-unsaturated/α-hetero) is 1. The van der Waals surface area contributed by atoms with Crippen LogP contribution >= 0.6 is 0 Å². The first-order valence-corrected chi connectivity index (χ1v) is 20.9. The number of hydrogen-bond acceptors (Lipinski definition) is 4. The Morgan fingerprint density at radius 1 is 0.553 bits per heavy atom. The van der Waals surface area contributed by atoms with Crippen LogP contribution < -0.4 is 5.32 Å². The molecule has 0 aliphatic rings. The highest BCUT2D eigenvalue weighted by Crippen LogP contribution is 2.13. The molecular formula is C43H84N2O2. The van der Waals surface area contributed by atoms with Crippen molar-refractivity contribution in [3.63, 3.8) is 0 Å². The number of nitrogens with one attached hydrogen (secondary N) is 1. The zero-order valence-corrected chi connectivity index (χ0v) is 32.5. The maximum atomic E-state index is 12.9. The second-order valence-corrected chi connectivity index (χ2v) is 14.5. The quantitative estimate of drug-likeness (QED) is 0.0526. The Morgan fingerprint density at radius 2 is 0.957 bits per heavy atom. The largest absolute Gasteiger partial charge is 0.380 e. The van der Waals surface area contributed by atoms with Crippen LogP contribution in [0.1, 0.15) is 194 Å². The molecule has 0 saturated heterocycles. The number of ether oxygens (including phenoxy) is 1. The molecule has 47 heavy (non-hydrogen) atoms. The normalized spacial score (nSPS) is 12.7. The second kappa shape index (κ2) is 39.5. The molecule has 0 amide bonds. The number of allylic oxidation sites excluding steroid dienone is 4. The molecule has 0 spiro atoms. The first-order valence-electron chi connectivity index (χ1n) is 20.9. The fourth-order valence-corrected chi connectivity index (χ4v) is 6.27. The van der Waals surface area contributed by atoms with Gasteiger partial charge < -0.3 is 15.0 Å². The number of hydrogen-bond donors (Lipinski definition) is 1. The van der Waals surface area contributed by atoms with Gasteiger partial charge in [0, 0.05) is 38.6 Å². The highest BCUT2D eigenvalue weighted by Gasteiger charge is 2.18. The van der Waals surface area contributed by atoms with Crippen molar-refractivity contribution >= 4 is 5.78 Å². The summed E-state index contributed by atoms with van der Waals surface area (Å²) in [6.07, 6.45) is 45.8. The van der Waals surface area contributed by atoms with Crippen LogP contribution in [0.4, 0.5) is 0 Å². The fourth-order valence-electron chi connectivity index (χ4n) is 6.27. The van der Waals surface area contributed by atoms with Gasteiger partial charge in [0.05, 0.1) is 6.61 Å². The lowest BCUT2D eigenvalue weighted by atomic mass is 9.97. The average Bonchev–Trinajstić information content (AvgIpc) is 3.06. The lowest BCUT2D eigenvalue weighted by molar-refractivity contribution is -0.123. The predicted octanol–water partition coefficient (Wildman–Crippen LogP) is 12.4. The minimum atomic E-state index is 0.0811. The second-order valence-electron chi connectivity index (χ2n) is 14.5. The molecule has 0 rings (SSSR count). The lowest BCUT2D eigenvalue weighted by Crippen LogP contribution is -2.37. The molecule has 1 atom stereocenters. The van der Waals surface area contributed by atoms with Crippen molar-refractivity contribution < 1.29 is 9.53 Å². The molecule has 278 valence electrons. The number of carbonyl (C=O) groups excluding carboxylic acids is 1. The summed E-state index contributed by atoms with van der Waals surface area (Å²) in [5, 5.41) is 3.50. The van der Waals surface area contributed by atoms with E-state index in [-0.39, 0.29) is 5.92 Å². The molecule has 0 aliphatic carbocycles. The van der Waals surface area contributed by atoms with Crippen LogP contribution in [0, 0.1) is 5.92 Å². The van der Waals surface area contributed by atoms with Gasteiger partial charge in [-0.2, -0.15) is 0 Å². The van der Waals surface area contributed by atoms with Gasteiger partial charge in [-0.3, -0.25) is 4.79 Å². The van der Waals surface area contributed by atoms with Gasteiger partial charge in [0.1, 0.15) is 5.78 Å². The first-order chi connectivity index (χ1) is 23.1. The third-order valence-corrected chi connectivity index (χ3v) is 9.34. The molecule has 0 aromatic rings. The zero-order valence-electron chi connectivity index (χ0n) is 32.5. The third-order valence-electron chi connectivity index (χ3n) is 9.34. The SMILES string of the molecule is CCCCCCCC/C=C\CCCCCCCCOCCNCC(CN(C)C)C(=O)CCCCCCC/C=C\CCCCCCCC. The molecule has 4 nitrogen and oxygen atoms in total. The molecule has 1 N–H and O–H groups in total. The minimum Gasteiger partial charge on any atom is -0.380 e. The van der Waals surface area contributed by atoms with Gasteiger partial charge in [-0.25, -0.2) is 0 Å². The molecule has 0 aromatic carbocycles. The summed E-state index contributed by atoms with van der Waals surface area (Å²) < 4.78 is 5.87. The van der Waals surface area contributed by atoms with Crippen LogP contribution in [0.25, 0.3) is 0 Å². The smallest absolute Gasteiger partial charge is 0.138 e. The molecule has 0 saturated carbocycles. The Hall–Kier alpha value is -0.970. The van der Waals surface area contributed by atoms with E-state index in [2.05, 4.69) is 62.5 Å². The average molecular weight is 661 g/mol. The van der Waals surface area contributed by atoms with Crippen molar-refractivity contribution in [2.75, 3.05) is 46.9 Å². The van der Waals surface area contributed by atoms with Crippen molar-refractivity contribution in [3.8, 4) is 0 Å². The molecule has 1 unspecified atom stereocenters. The molecular weight excluding hydrogens is 576 g/mol. The van der Waals surface area contributed by atoms with Crippen molar-refractivity contribution in [1.29, 1.82) is 0 Å². The third kappa shape index (κ3) is 37.7. The van der Waals surface area contributed by atoms with Crippen molar-refractivity contribution in [2.24, 2.45) is 5.92 Å². The number of unbranched alkanes of at least 4 members (excludes halogenated alkanes) is 23. The molecule has 0 bridgehead atoms. The van der Waals surface area contributed by atoms with Crippen molar-refractivity contribution in [2.45, 2.75) is 194 Å². The van der Waals surface area contributed by atoms with E-state index in [1.54, 1.807) is 0 Å². The van der Waals surface area contributed by atoms with E-state index in [4.69, 9.17) is 4.74 Å². The van der Waals surface area contributed by atoms with Gasteiger partial charge >= 0.3 is 0 Å². The molecule has 0 heterocycles. The summed E-state index contributed by atoms with van der Waals surface area (Å²) >= 11 is 0. The minimum absolute atomic E-state index is 0.0811. The molecule has 4 heteroatoms. The monoisotopic (exact) mass is 661 g/mol. The first kappa shape index (κ1) is 46.0. The standard InChI is InChI=1S/C43H84N2O2/c1-5-7-9-11-13-15-17-19-21-23-25-27-29-31-33-35-38-47-39-37-44-40-42(41-45(3)4)43(46)36-34-32-30-28-26-24-22-20-18-16-14-12-10-8-6-2/h19-22,42,44H,5-18,23-41H2,1-4H3/b21-19-,22-20-. The summed E-state index contributed by atoms with van der Waals surface area (Å²) in [7, 11) is 4.14. The van der Waals surface area contributed by atoms with Gasteiger partial charge in [0.2, 0.25) is 0 Å². The number of nitrogens with zero attached hydrogens (tertiary/aromatic N) is 1. The van der Waals surface area contributed by atoms with E-state index < -0.39 is 0 Å². The van der Waals surface area contributed by atoms with Gasteiger partial charge in [-0.1, -0.05) is 147 Å². The molecule has 0 fully saturated rings. The van der Waals surface area contributed by atoms with E-state index in [0.29, 0.717) is 5.78 Å². The number of carbonyl (C=O) groups is 1. The zero-order chi connectivity index (χ0) is 34.3. The van der Waals surface area contributed by atoms with Crippen molar-refractivity contribution in [1.82, 2.24) is 10.2 Å².